The van der Waals surface area contributed by atoms with Crippen LogP contribution in [-0.2, 0) is 9.84 Å². The molecule has 2 saturated heterocycles. The van der Waals surface area contributed by atoms with E-state index in [2.05, 4.69) is 10.7 Å². The molecule has 2 N–H and O–H groups in total. The van der Waals surface area contributed by atoms with E-state index in [1.807, 2.05) is 30.3 Å². The Balaban J connectivity index is 1.82. The maximum Gasteiger partial charge on any atom is 0.336 e. The summed E-state index contributed by atoms with van der Waals surface area (Å²) in [5, 5.41) is 4.07. The zero-order valence-electron chi connectivity index (χ0n) is 9.54. The summed E-state index contributed by atoms with van der Waals surface area (Å²) in [6.45, 7) is 0. The van der Waals surface area contributed by atoms with Crippen molar-refractivity contribution in [3.8, 4) is 0 Å². The molecule has 2 amide bonds. The molecule has 3 rings (SSSR count). The number of benzene rings is 1. The minimum absolute atomic E-state index is 0.0102. The van der Waals surface area contributed by atoms with Gasteiger partial charge in [0.1, 0.15) is 0 Å². The first kappa shape index (κ1) is 11.3. The van der Waals surface area contributed by atoms with Gasteiger partial charge in [-0.1, -0.05) is 18.2 Å². The van der Waals surface area contributed by atoms with E-state index in [4.69, 9.17) is 0 Å². The highest BCUT2D eigenvalue weighted by Crippen LogP contribution is 2.24. The number of fused-ring (bicyclic) bond motifs is 1. The lowest BCUT2D eigenvalue weighted by atomic mass is 10.2. The predicted molar refractivity (Wildman–Crippen MR) is 66.7 cm³/mol. The van der Waals surface area contributed by atoms with Gasteiger partial charge in [0.25, 0.3) is 0 Å². The molecule has 0 aliphatic carbocycles. The summed E-state index contributed by atoms with van der Waals surface area (Å²) in [6.07, 6.45) is 0. The Morgan fingerprint density at radius 1 is 1.22 bits per heavy atom. The fraction of sp³-hybridized carbons (Fsp3) is 0.364. The first-order valence-electron chi connectivity index (χ1n) is 5.67. The number of urea groups is 1. The maximum atomic E-state index is 11.8. The summed E-state index contributed by atoms with van der Waals surface area (Å²) in [6, 6.07) is 8.30. The minimum atomic E-state index is -3.05. The summed E-state index contributed by atoms with van der Waals surface area (Å²) >= 11 is 0. The zero-order chi connectivity index (χ0) is 12.8. The van der Waals surface area contributed by atoms with Gasteiger partial charge in [-0.15, -0.1) is 0 Å². The van der Waals surface area contributed by atoms with Crippen molar-refractivity contribution in [1.29, 1.82) is 0 Å². The Kier molecular flexibility index (Phi) is 2.44. The number of hydrogen-bond donors (Lipinski definition) is 2. The van der Waals surface area contributed by atoms with Crippen LogP contribution < -0.4 is 10.7 Å². The molecule has 96 valence electrons. The van der Waals surface area contributed by atoms with Crippen LogP contribution in [0.1, 0.15) is 0 Å². The van der Waals surface area contributed by atoms with E-state index in [1.54, 1.807) is 0 Å². The van der Waals surface area contributed by atoms with Crippen molar-refractivity contribution < 1.29 is 13.2 Å². The third kappa shape index (κ3) is 1.90. The van der Waals surface area contributed by atoms with Crippen LogP contribution in [0.25, 0.3) is 0 Å². The summed E-state index contributed by atoms with van der Waals surface area (Å²) < 4.78 is 23.1. The van der Waals surface area contributed by atoms with E-state index in [9.17, 15) is 13.2 Å². The van der Waals surface area contributed by atoms with Crippen molar-refractivity contribution >= 4 is 21.6 Å². The topological polar surface area (TPSA) is 78.5 Å². The van der Waals surface area contributed by atoms with Crippen LogP contribution in [0.4, 0.5) is 10.5 Å². The largest absolute Gasteiger partial charge is 0.336 e. The molecule has 0 aromatic heterocycles. The first-order valence-corrected chi connectivity index (χ1v) is 7.49. The normalized spacial score (nSPS) is 28.9. The summed E-state index contributed by atoms with van der Waals surface area (Å²) in [5.74, 6) is 0.0343. The van der Waals surface area contributed by atoms with Crippen molar-refractivity contribution in [2.45, 2.75) is 12.1 Å². The number of nitrogens with zero attached hydrogens (tertiary/aromatic N) is 1. The monoisotopic (exact) mass is 267 g/mol. The van der Waals surface area contributed by atoms with Gasteiger partial charge in [0.15, 0.2) is 9.84 Å². The number of anilines is 1. The van der Waals surface area contributed by atoms with Gasteiger partial charge in [-0.3, -0.25) is 5.43 Å². The lowest BCUT2D eigenvalue weighted by Gasteiger charge is -2.22. The summed E-state index contributed by atoms with van der Waals surface area (Å²) in [5.41, 5.74) is 3.72. The minimum Gasteiger partial charge on any atom is -0.331 e. The SMILES string of the molecule is O=C1N[C@H]2CS(=O)(=O)C[C@H]2N1Nc1ccccc1. The van der Waals surface area contributed by atoms with Gasteiger partial charge in [-0.25, -0.2) is 18.2 Å². The second kappa shape index (κ2) is 3.88. The van der Waals surface area contributed by atoms with Gasteiger partial charge in [-0.2, -0.15) is 0 Å². The smallest absolute Gasteiger partial charge is 0.331 e. The van der Waals surface area contributed by atoms with Gasteiger partial charge in [0.05, 0.1) is 29.3 Å². The van der Waals surface area contributed by atoms with Crippen LogP contribution in [0.3, 0.4) is 0 Å². The zero-order valence-corrected chi connectivity index (χ0v) is 10.4. The van der Waals surface area contributed by atoms with Crippen LogP contribution in [0.5, 0.6) is 0 Å². The number of para-hydroxylation sites is 1. The van der Waals surface area contributed by atoms with Gasteiger partial charge < -0.3 is 5.32 Å². The average Bonchev–Trinajstić information content (AvgIpc) is 2.74. The molecule has 0 saturated carbocycles. The maximum absolute atomic E-state index is 11.8. The second-order valence-electron chi connectivity index (χ2n) is 4.55. The molecule has 6 nitrogen and oxygen atoms in total. The molecule has 0 unspecified atom stereocenters. The number of sulfone groups is 1. The molecule has 1 aromatic rings. The fourth-order valence-corrected chi connectivity index (χ4v) is 4.28. The van der Waals surface area contributed by atoms with Gasteiger partial charge in [0.2, 0.25) is 0 Å². The van der Waals surface area contributed by atoms with Crippen molar-refractivity contribution in [3.05, 3.63) is 30.3 Å². The molecule has 2 atom stereocenters. The molecular weight excluding hydrogens is 254 g/mol. The molecular formula is C11H13N3O3S. The third-order valence-electron chi connectivity index (χ3n) is 3.21. The number of hydrazine groups is 1. The molecule has 0 radical (unpaired) electrons. The van der Waals surface area contributed by atoms with E-state index in [-0.39, 0.29) is 29.6 Å². The van der Waals surface area contributed by atoms with E-state index in [0.29, 0.717) is 0 Å². The number of rotatable bonds is 2. The van der Waals surface area contributed by atoms with Crippen LogP contribution in [0, 0.1) is 0 Å². The standard InChI is InChI=1S/C11H13N3O3S/c15-11-12-9-6-18(16,17)7-10(9)14(11)13-8-4-2-1-3-5-8/h1-5,9-10,13H,6-7H2,(H,12,15)/t9-,10+/m0/s1. The Labute approximate surface area is 105 Å². The molecule has 0 bridgehead atoms. The highest BCUT2D eigenvalue weighted by molar-refractivity contribution is 7.91. The van der Waals surface area contributed by atoms with Crippen molar-refractivity contribution in [1.82, 2.24) is 10.3 Å². The van der Waals surface area contributed by atoms with Crippen LogP contribution in [0.2, 0.25) is 0 Å². The number of carbonyl (C=O) groups is 1. The van der Waals surface area contributed by atoms with E-state index in [0.717, 1.165) is 5.69 Å². The number of carbonyl (C=O) groups excluding carboxylic acids is 1. The van der Waals surface area contributed by atoms with E-state index < -0.39 is 9.84 Å². The number of hydrogen-bond acceptors (Lipinski definition) is 4. The molecule has 2 heterocycles. The lowest BCUT2D eigenvalue weighted by molar-refractivity contribution is 0.218. The molecule has 18 heavy (non-hydrogen) atoms. The quantitative estimate of drug-likeness (QED) is 0.751. The summed E-state index contributed by atoms with van der Waals surface area (Å²) in [4.78, 5) is 11.8. The first-order chi connectivity index (χ1) is 8.55. The Morgan fingerprint density at radius 2 is 1.94 bits per heavy atom. The Morgan fingerprint density at radius 3 is 2.67 bits per heavy atom. The lowest BCUT2D eigenvalue weighted by Crippen LogP contribution is -2.41. The van der Waals surface area contributed by atoms with E-state index in [1.165, 1.54) is 5.01 Å². The third-order valence-corrected chi connectivity index (χ3v) is 4.92. The Bertz CT molecular complexity index is 572. The van der Waals surface area contributed by atoms with Gasteiger partial charge in [0, 0.05) is 0 Å². The van der Waals surface area contributed by atoms with Crippen molar-refractivity contribution in [3.63, 3.8) is 0 Å². The van der Waals surface area contributed by atoms with Crippen molar-refractivity contribution in [2.75, 3.05) is 16.9 Å². The molecule has 2 fully saturated rings. The average molecular weight is 267 g/mol. The second-order valence-corrected chi connectivity index (χ2v) is 6.70. The number of nitrogens with one attached hydrogen (secondary N) is 2. The van der Waals surface area contributed by atoms with Crippen molar-refractivity contribution in [2.24, 2.45) is 0 Å². The van der Waals surface area contributed by atoms with Crippen LogP contribution in [0.15, 0.2) is 30.3 Å². The molecule has 1 aromatic carbocycles. The number of amides is 2. The highest BCUT2D eigenvalue weighted by Gasteiger charge is 2.49. The molecule has 2 aliphatic heterocycles. The molecule has 7 heteroatoms. The highest BCUT2D eigenvalue weighted by atomic mass is 32.2. The van der Waals surface area contributed by atoms with Crippen LogP contribution >= 0.6 is 0 Å². The molecule has 0 spiro atoms. The Hall–Kier alpha value is -1.76. The predicted octanol–water partition coefficient (Wildman–Crippen LogP) is 0.204. The fourth-order valence-electron chi connectivity index (χ4n) is 2.39. The molecule has 2 aliphatic rings. The van der Waals surface area contributed by atoms with Gasteiger partial charge in [-0.05, 0) is 12.1 Å². The van der Waals surface area contributed by atoms with E-state index >= 15 is 0 Å². The summed E-state index contributed by atoms with van der Waals surface area (Å²) in [7, 11) is -3.05. The van der Waals surface area contributed by atoms with Gasteiger partial charge >= 0.3 is 6.03 Å². The van der Waals surface area contributed by atoms with Crippen LogP contribution in [-0.4, -0.2) is 43.0 Å².